The largest absolute Gasteiger partial charge is 0.396 e. The number of aryl methyl sites for hydroxylation is 2. The molecule has 0 saturated heterocycles. The molecule has 3 nitrogen and oxygen atoms in total. The van der Waals surface area contributed by atoms with Crippen molar-refractivity contribution in [2.75, 3.05) is 18.1 Å². The molecule has 1 aromatic heterocycles. The fourth-order valence-corrected chi connectivity index (χ4v) is 1.93. The summed E-state index contributed by atoms with van der Waals surface area (Å²) in [7, 11) is 2.01. The van der Waals surface area contributed by atoms with Crippen molar-refractivity contribution < 1.29 is 5.11 Å². The number of thioether (sulfide) groups is 1. The standard InChI is InChI=1S/C9H16N2OS/c1-11-5-4-10-9(11)3-8-13-7-2-6-12/h4-5,12H,2-3,6-8H2,1H3. The molecule has 0 aliphatic carbocycles. The fraction of sp³-hybridized carbons (Fsp3) is 0.667. The van der Waals surface area contributed by atoms with E-state index in [9.17, 15) is 0 Å². The second-order valence-corrected chi connectivity index (χ2v) is 4.12. The zero-order chi connectivity index (χ0) is 9.52. The number of hydrogen-bond acceptors (Lipinski definition) is 3. The maximum Gasteiger partial charge on any atom is 0.109 e. The van der Waals surface area contributed by atoms with Gasteiger partial charge in [-0.25, -0.2) is 4.98 Å². The van der Waals surface area contributed by atoms with Gasteiger partial charge in [0.1, 0.15) is 5.82 Å². The van der Waals surface area contributed by atoms with E-state index < -0.39 is 0 Å². The third-order valence-corrected chi connectivity index (χ3v) is 2.91. The Morgan fingerprint density at radius 2 is 2.38 bits per heavy atom. The van der Waals surface area contributed by atoms with Gasteiger partial charge < -0.3 is 9.67 Å². The first-order valence-electron chi connectivity index (χ1n) is 4.49. The number of aromatic nitrogens is 2. The Morgan fingerprint density at radius 1 is 1.54 bits per heavy atom. The van der Waals surface area contributed by atoms with Gasteiger partial charge in [-0.15, -0.1) is 0 Å². The lowest BCUT2D eigenvalue weighted by Gasteiger charge is -2.01. The van der Waals surface area contributed by atoms with Crippen LogP contribution in [0.4, 0.5) is 0 Å². The second-order valence-electron chi connectivity index (χ2n) is 2.89. The van der Waals surface area contributed by atoms with Gasteiger partial charge in [-0.3, -0.25) is 0 Å². The summed E-state index contributed by atoms with van der Waals surface area (Å²) in [6.07, 6.45) is 5.70. The van der Waals surface area contributed by atoms with Crippen LogP contribution in [0.5, 0.6) is 0 Å². The van der Waals surface area contributed by atoms with Crippen LogP contribution in [0.3, 0.4) is 0 Å². The quantitative estimate of drug-likeness (QED) is 0.698. The Morgan fingerprint density at radius 3 is 3.00 bits per heavy atom. The molecule has 1 heterocycles. The van der Waals surface area contributed by atoms with Crippen molar-refractivity contribution in [3.63, 3.8) is 0 Å². The summed E-state index contributed by atoms with van der Waals surface area (Å²) < 4.78 is 2.05. The van der Waals surface area contributed by atoms with Crippen LogP contribution in [0, 0.1) is 0 Å². The predicted octanol–water partition coefficient (Wildman–Crippen LogP) is 1.08. The molecule has 4 heteroatoms. The zero-order valence-corrected chi connectivity index (χ0v) is 8.76. The molecule has 74 valence electrons. The Kier molecular flexibility index (Phi) is 4.93. The Bertz CT molecular complexity index is 237. The Hall–Kier alpha value is -0.480. The number of imidazole rings is 1. The van der Waals surface area contributed by atoms with Gasteiger partial charge in [-0.05, 0) is 12.2 Å². The van der Waals surface area contributed by atoms with Crippen molar-refractivity contribution in [1.29, 1.82) is 0 Å². The van der Waals surface area contributed by atoms with Crippen LogP contribution >= 0.6 is 11.8 Å². The summed E-state index contributed by atoms with van der Waals surface area (Å²) in [5, 5.41) is 8.56. The first kappa shape index (κ1) is 10.6. The molecule has 0 saturated carbocycles. The maximum absolute atomic E-state index is 8.56. The van der Waals surface area contributed by atoms with E-state index in [0.717, 1.165) is 30.2 Å². The maximum atomic E-state index is 8.56. The average molecular weight is 200 g/mol. The lowest BCUT2D eigenvalue weighted by Crippen LogP contribution is -1.99. The van der Waals surface area contributed by atoms with E-state index in [-0.39, 0.29) is 0 Å². The minimum atomic E-state index is 0.301. The highest BCUT2D eigenvalue weighted by molar-refractivity contribution is 7.99. The lowest BCUT2D eigenvalue weighted by molar-refractivity contribution is 0.296. The van der Waals surface area contributed by atoms with Gasteiger partial charge in [-0.2, -0.15) is 11.8 Å². The van der Waals surface area contributed by atoms with Gasteiger partial charge in [0.25, 0.3) is 0 Å². The summed E-state index contributed by atoms with van der Waals surface area (Å²) in [6, 6.07) is 0. The van der Waals surface area contributed by atoms with Gasteiger partial charge in [-0.1, -0.05) is 0 Å². The molecule has 13 heavy (non-hydrogen) atoms. The highest BCUT2D eigenvalue weighted by atomic mass is 32.2. The van der Waals surface area contributed by atoms with Gasteiger partial charge in [0.05, 0.1) is 0 Å². The van der Waals surface area contributed by atoms with Crippen LogP contribution in [0.25, 0.3) is 0 Å². The van der Waals surface area contributed by atoms with Crippen LogP contribution in [-0.2, 0) is 13.5 Å². The predicted molar refractivity (Wildman–Crippen MR) is 55.9 cm³/mol. The molecule has 0 bridgehead atoms. The molecule has 1 N–H and O–H groups in total. The number of aliphatic hydroxyl groups excluding tert-OH is 1. The highest BCUT2D eigenvalue weighted by Crippen LogP contribution is 2.05. The van der Waals surface area contributed by atoms with Crippen molar-refractivity contribution >= 4 is 11.8 Å². The van der Waals surface area contributed by atoms with Gasteiger partial charge in [0, 0.05) is 38.2 Å². The lowest BCUT2D eigenvalue weighted by atomic mass is 10.4. The molecule has 0 atom stereocenters. The summed E-state index contributed by atoms with van der Waals surface area (Å²) in [5.41, 5.74) is 0. The van der Waals surface area contributed by atoms with E-state index >= 15 is 0 Å². The van der Waals surface area contributed by atoms with Gasteiger partial charge in [0.15, 0.2) is 0 Å². The summed E-state index contributed by atoms with van der Waals surface area (Å²) in [6.45, 7) is 0.301. The van der Waals surface area contributed by atoms with E-state index in [1.165, 1.54) is 0 Å². The Labute approximate surface area is 83.2 Å². The normalized spacial score (nSPS) is 10.6. The first-order chi connectivity index (χ1) is 6.34. The smallest absolute Gasteiger partial charge is 0.109 e. The number of nitrogens with zero attached hydrogens (tertiary/aromatic N) is 2. The number of hydrogen-bond donors (Lipinski definition) is 1. The van der Waals surface area contributed by atoms with Crippen LogP contribution in [0.2, 0.25) is 0 Å². The van der Waals surface area contributed by atoms with Crippen LogP contribution in [0.15, 0.2) is 12.4 Å². The molecule has 1 aromatic rings. The molecule has 0 amide bonds. The molecule has 1 rings (SSSR count). The zero-order valence-electron chi connectivity index (χ0n) is 7.94. The molecule has 0 fully saturated rings. The van der Waals surface area contributed by atoms with Crippen molar-refractivity contribution in [3.05, 3.63) is 18.2 Å². The molecule has 0 radical (unpaired) electrons. The van der Waals surface area contributed by atoms with E-state index in [1.807, 2.05) is 35.8 Å². The molecule has 0 spiro atoms. The summed E-state index contributed by atoms with van der Waals surface area (Å²) >= 11 is 1.87. The summed E-state index contributed by atoms with van der Waals surface area (Å²) in [5.74, 6) is 3.27. The van der Waals surface area contributed by atoms with E-state index in [2.05, 4.69) is 4.98 Å². The third-order valence-electron chi connectivity index (χ3n) is 1.84. The summed E-state index contributed by atoms with van der Waals surface area (Å²) in [4.78, 5) is 4.23. The average Bonchev–Trinajstić information content (AvgIpc) is 2.52. The number of rotatable bonds is 6. The van der Waals surface area contributed by atoms with Gasteiger partial charge in [0.2, 0.25) is 0 Å². The third kappa shape index (κ3) is 3.83. The molecule has 0 aliphatic heterocycles. The van der Waals surface area contributed by atoms with E-state index in [4.69, 9.17) is 5.11 Å². The van der Waals surface area contributed by atoms with E-state index in [1.54, 1.807) is 0 Å². The van der Waals surface area contributed by atoms with Crippen molar-refractivity contribution in [1.82, 2.24) is 9.55 Å². The van der Waals surface area contributed by atoms with Gasteiger partial charge >= 0.3 is 0 Å². The van der Waals surface area contributed by atoms with Crippen molar-refractivity contribution in [2.24, 2.45) is 7.05 Å². The van der Waals surface area contributed by atoms with Crippen LogP contribution < -0.4 is 0 Å². The minimum absolute atomic E-state index is 0.301. The SMILES string of the molecule is Cn1ccnc1CCSCCCO. The number of aliphatic hydroxyl groups is 1. The molecule has 0 aromatic carbocycles. The van der Waals surface area contributed by atoms with Crippen molar-refractivity contribution in [3.8, 4) is 0 Å². The molecule has 0 aliphatic rings. The molecular formula is C9H16N2OS. The first-order valence-corrected chi connectivity index (χ1v) is 5.65. The minimum Gasteiger partial charge on any atom is -0.396 e. The van der Waals surface area contributed by atoms with Crippen molar-refractivity contribution in [2.45, 2.75) is 12.8 Å². The highest BCUT2D eigenvalue weighted by Gasteiger charge is 1.97. The van der Waals surface area contributed by atoms with Crippen LogP contribution in [0.1, 0.15) is 12.2 Å². The molecule has 0 unspecified atom stereocenters. The van der Waals surface area contributed by atoms with E-state index in [0.29, 0.717) is 6.61 Å². The second kappa shape index (κ2) is 6.05. The fourth-order valence-electron chi connectivity index (χ4n) is 1.07. The molecular weight excluding hydrogens is 184 g/mol. The topological polar surface area (TPSA) is 38.0 Å². The van der Waals surface area contributed by atoms with Crippen LogP contribution in [-0.4, -0.2) is 32.8 Å². The Balaban J connectivity index is 2.10. The monoisotopic (exact) mass is 200 g/mol.